The molecule has 0 atom stereocenters. The topological polar surface area (TPSA) is 62.7 Å². The maximum atomic E-state index is 11.5. The van der Waals surface area contributed by atoms with Crippen molar-refractivity contribution >= 4 is 11.9 Å². The highest BCUT2D eigenvalue weighted by atomic mass is 16.5. The number of rotatable bonds is 5. The highest BCUT2D eigenvalue weighted by Gasteiger charge is 2.18. The second-order valence-corrected chi connectivity index (χ2v) is 4.25. The van der Waals surface area contributed by atoms with Crippen molar-refractivity contribution in [2.24, 2.45) is 4.99 Å². The van der Waals surface area contributed by atoms with E-state index in [9.17, 15) is 4.79 Å². The maximum absolute atomic E-state index is 11.5. The van der Waals surface area contributed by atoms with Crippen LogP contribution in [0.15, 0.2) is 4.99 Å². The number of hydrogen-bond donors (Lipinski definition) is 2. The predicted molar refractivity (Wildman–Crippen MR) is 68.0 cm³/mol. The number of hydrogen-bond acceptors (Lipinski definition) is 3. The molecule has 0 radical (unpaired) electrons. The van der Waals surface area contributed by atoms with Crippen molar-refractivity contribution in [3.8, 4) is 0 Å². The molecule has 0 saturated heterocycles. The predicted octanol–water partition coefficient (Wildman–Crippen LogP) is 1.05. The third kappa shape index (κ3) is 5.56. The van der Waals surface area contributed by atoms with E-state index in [1.54, 1.807) is 7.05 Å². The minimum Gasteiger partial charge on any atom is -0.462 e. The van der Waals surface area contributed by atoms with E-state index in [1.165, 1.54) is 12.8 Å². The lowest BCUT2D eigenvalue weighted by atomic mass is 10.3. The molecule has 98 valence electrons. The molecule has 0 amide bonds. The molecule has 0 heterocycles. The first-order chi connectivity index (χ1) is 8.26. The molecule has 1 fully saturated rings. The Balaban J connectivity index is 2.03. The van der Waals surface area contributed by atoms with Crippen molar-refractivity contribution in [2.45, 2.75) is 44.6 Å². The SMILES string of the molecule is CN=C(NC)NCCCC(=O)OC1CCCC1. The van der Waals surface area contributed by atoms with E-state index in [1.807, 2.05) is 7.05 Å². The Bertz CT molecular complexity index is 260. The van der Waals surface area contributed by atoms with E-state index in [0.29, 0.717) is 6.42 Å². The molecule has 1 aliphatic rings. The minimum atomic E-state index is -0.0712. The van der Waals surface area contributed by atoms with Crippen molar-refractivity contribution in [3.63, 3.8) is 0 Å². The van der Waals surface area contributed by atoms with Gasteiger partial charge in [-0.2, -0.15) is 0 Å². The lowest BCUT2D eigenvalue weighted by Crippen LogP contribution is -2.35. The summed E-state index contributed by atoms with van der Waals surface area (Å²) in [6.45, 7) is 0.729. The van der Waals surface area contributed by atoms with Crippen LogP contribution in [0.1, 0.15) is 38.5 Å². The van der Waals surface area contributed by atoms with Crippen LogP contribution in [0, 0.1) is 0 Å². The van der Waals surface area contributed by atoms with Crippen LogP contribution in [0.4, 0.5) is 0 Å². The molecule has 17 heavy (non-hydrogen) atoms. The standard InChI is InChI=1S/C12H23N3O2/c1-13-12(14-2)15-9-5-8-11(16)17-10-6-3-4-7-10/h10H,3-9H2,1-2H3,(H2,13,14,15). The molecule has 0 aliphatic heterocycles. The van der Waals surface area contributed by atoms with Gasteiger partial charge in [0.2, 0.25) is 0 Å². The molecule has 0 aromatic carbocycles. The number of guanidine groups is 1. The largest absolute Gasteiger partial charge is 0.462 e. The fourth-order valence-corrected chi connectivity index (χ4v) is 1.97. The zero-order chi connectivity index (χ0) is 12.5. The lowest BCUT2D eigenvalue weighted by Gasteiger charge is -2.11. The van der Waals surface area contributed by atoms with Crippen molar-refractivity contribution in [2.75, 3.05) is 20.6 Å². The molecule has 2 N–H and O–H groups in total. The Kier molecular flexibility index (Phi) is 6.43. The molecule has 1 aliphatic carbocycles. The van der Waals surface area contributed by atoms with Gasteiger partial charge >= 0.3 is 5.97 Å². The fraction of sp³-hybridized carbons (Fsp3) is 0.833. The first kappa shape index (κ1) is 13.8. The quantitative estimate of drug-likeness (QED) is 0.327. The number of ether oxygens (including phenoxy) is 1. The summed E-state index contributed by atoms with van der Waals surface area (Å²) in [5.74, 6) is 0.673. The molecular weight excluding hydrogens is 218 g/mol. The Hall–Kier alpha value is -1.26. The van der Waals surface area contributed by atoms with Gasteiger partial charge in [0.25, 0.3) is 0 Å². The van der Waals surface area contributed by atoms with E-state index in [4.69, 9.17) is 4.74 Å². The highest BCUT2D eigenvalue weighted by molar-refractivity contribution is 5.79. The van der Waals surface area contributed by atoms with E-state index in [-0.39, 0.29) is 12.1 Å². The van der Waals surface area contributed by atoms with Gasteiger partial charge in [0.1, 0.15) is 6.10 Å². The summed E-state index contributed by atoms with van der Waals surface area (Å²) < 4.78 is 5.36. The number of nitrogens with one attached hydrogen (secondary N) is 2. The Morgan fingerprint density at radius 2 is 2.12 bits per heavy atom. The molecule has 0 bridgehead atoms. The van der Waals surface area contributed by atoms with Gasteiger partial charge < -0.3 is 15.4 Å². The van der Waals surface area contributed by atoms with E-state index < -0.39 is 0 Å². The molecule has 5 heteroatoms. The van der Waals surface area contributed by atoms with Gasteiger partial charge in [0, 0.05) is 27.1 Å². The van der Waals surface area contributed by atoms with E-state index in [0.717, 1.165) is 31.8 Å². The zero-order valence-corrected chi connectivity index (χ0v) is 10.8. The molecule has 0 aromatic heterocycles. The monoisotopic (exact) mass is 241 g/mol. The summed E-state index contributed by atoms with van der Waals surface area (Å²) in [4.78, 5) is 15.5. The van der Waals surface area contributed by atoms with Gasteiger partial charge in [-0.05, 0) is 32.1 Å². The summed E-state index contributed by atoms with van der Waals surface area (Å²) in [7, 11) is 3.52. The summed E-state index contributed by atoms with van der Waals surface area (Å²) in [5.41, 5.74) is 0. The molecule has 1 saturated carbocycles. The molecule has 0 aromatic rings. The summed E-state index contributed by atoms with van der Waals surface area (Å²) in [6.07, 6.45) is 5.89. The van der Waals surface area contributed by atoms with E-state index >= 15 is 0 Å². The molecule has 0 unspecified atom stereocenters. The molecule has 5 nitrogen and oxygen atoms in total. The Morgan fingerprint density at radius 3 is 2.71 bits per heavy atom. The first-order valence-electron chi connectivity index (χ1n) is 6.34. The van der Waals surface area contributed by atoms with Crippen molar-refractivity contribution < 1.29 is 9.53 Å². The third-order valence-electron chi connectivity index (χ3n) is 2.91. The van der Waals surface area contributed by atoms with E-state index in [2.05, 4.69) is 15.6 Å². The van der Waals surface area contributed by atoms with Crippen LogP contribution in [0.25, 0.3) is 0 Å². The zero-order valence-electron chi connectivity index (χ0n) is 10.8. The average molecular weight is 241 g/mol. The lowest BCUT2D eigenvalue weighted by molar-refractivity contribution is -0.148. The molecule has 1 rings (SSSR count). The van der Waals surface area contributed by atoms with Crippen LogP contribution in [0.2, 0.25) is 0 Å². The van der Waals surface area contributed by atoms with Gasteiger partial charge in [-0.1, -0.05) is 0 Å². The number of nitrogens with zero attached hydrogens (tertiary/aromatic N) is 1. The maximum Gasteiger partial charge on any atom is 0.306 e. The van der Waals surface area contributed by atoms with Crippen molar-refractivity contribution in [3.05, 3.63) is 0 Å². The van der Waals surface area contributed by atoms with Gasteiger partial charge in [-0.3, -0.25) is 9.79 Å². The van der Waals surface area contributed by atoms with Gasteiger partial charge in [-0.15, -0.1) is 0 Å². The number of aliphatic imine (C=N–C) groups is 1. The number of carbonyl (C=O) groups is 1. The van der Waals surface area contributed by atoms with Crippen molar-refractivity contribution in [1.82, 2.24) is 10.6 Å². The van der Waals surface area contributed by atoms with Gasteiger partial charge in [0.05, 0.1) is 0 Å². The Labute approximate surface area is 103 Å². The minimum absolute atomic E-state index is 0.0712. The molecule has 0 spiro atoms. The molecular formula is C12H23N3O2. The van der Waals surface area contributed by atoms with Gasteiger partial charge in [-0.25, -0.2) is 0 Å². The van der Waals surface area contributed by atoms with Crippen LogP contribution in [-0.2, 0) is 9.53 Å². The number of esters is 1. The smallest absolute Gasteiger partial charge is 0.306 e. The fourth-order valence-electron chi connectivity index (χ4n) is 1.97. The van der Waals surface area contributed by atoms with Crippen molar-refractivity contribution in [1.29, 1.82) is 0 Å². The van der Waals surface area contributed by atoms with Crippen LogP contribution >= 0.6 is 0 Å². The normalized spacial score (nSPS) is 16.9. The average Bonchev–Trinajstić information content (AvgIpc) is 2.82. The van der Waals surface area contributed by atoms with Crippen LogP contribution in [-0.4, -0.2) is 38.7 Å². The summed E-state index contributed by atoms with van der Waals surface area (Å²) in [5, 5.41) is 6.02. The summed E-state index contributed by atoms with van der Waals surface area (Å²) >= 11 is 0. The van der Waals surface area contributed by atoms with Gasteiger partial charge in [0.15, 0.2) is 5.96 Å². The summed E-state index contributed by atoms with van der Waals surface area (Å²) in [6, 6.07) is 0. The Morgan fingerprint density at radius 1 is 1.41 bits per heavy atom. The highest BCUT2D eigenvalue weighted by Crippen LogP contribution is 2.21. The van der Waals surface area contributed by atoms with Crippen LogP contribution < -0.4 is 10.6 Å². The van der Waals surface area contributed by atoms with Crippen LogP contribution in [0.5, 0.6) is 0 Å². The second kappa shape index (κ2) is 7.92. The second-order valence-electron chi connectivity index (χ2n) is 4.25. The van der Waals surface area contributed by atoms with Crippen LogP contribution in [0.3, 0.4) is 0 Å². The first-order valence-corrected chi connectivity index (χ1v) is 6.34. The third-order valence-corrected chi connectivity index (χ3v) is 2.91. The number of carbonyl (C=O) groups excluding carboxylic acids is 1.